The van der Waals surface area contributed by atoms with Crippen LogP contribution in [0.25, 0.3) is 94.0 Å². The Hall–Kier alpha value is -6.34. The van der Waals surface area contributed by atoms with E-state index in [0.29, 0.717) is 0 Å². The molecule has 0 aliphatic carbocycles. The van der Waals surface area contributed by atoms with E-state index in [4.69, 9.17) is 17.7 Å². The Balaban J connectivity index is 1.26. The summed E-state index contributed by atoms with van der Waals surface area (Å²) in [6.07, 6.45) is 6.85. The minimum atomic E-state index is 0.747. The quantitative estimate of drug-likeness (QED) is 0.208. The summed E-state index contributed by atoms with van der Waals surface area (Å²) in [6, 6.07) is 36.4. The van der Waals surface area contributed by atoms with E-state index in [1.165, 1.54) is 10.8 Å². The van der Waals surface area contributed by atoms with Crippen LogP contribution < -0.4 is 0 Å². The van der Waals surface area contributed by atoms with Crippen molar-refractivity contribution in [3.63, 3.8) is 0 Å². The van der Waals surface area contributed by atoms with Crippen molar-refractivity contribution in [3.05, 3.63) is 128 Å². The number of hydrogen-bond donors (Lipinski definition) is 0. The highest BCUT2D eigenvalue weighted by atomic mass is 16.4. The summed E-state index contributed by atoms with van der Waals surface area (Å²) in [5.41, 5.74) is 12.3. The fourth-order valence-corrected chi connectivity index (χ4v) is 7.35. The van der Waals surface area contributed by atoms with Crippen molar-refractivity contribution in [2.75, 3.05) is 0 Å². The molecule has 0 atom stereocenters. The number of fused-ring (bicyclic) bond motifs is 10. The van der Waals surface area contributed by atoms with Gasteiger partial charge in [0.15, 0.2) is 22.3 Å². The van der Waals surface area contributed by atoms with Crippen molar-refractivity contribution in [3.8, 4) is 17.1 Å². The Morgan fingerprint density at radius 2 is 0.822 bits per heavy atom. The largest absolute Gasteiger partial charge is 0.459 e. The zero-order valence-electron chi connectivity index (χ0n) is 23.6. The summed E-state index contributed by atoms with van der Waals surface area (Å²) < 4.78 is 30.1. The van der Waals surface area contributed by atoms with Gasteiger partial charge in [-0.3, -0.25) is 0 Å². The Morgan fingerprint density at radius 1 is 0.356 bits per heavy atom. The first-order valence-corrected chi connectivity index (χ1v) is 14.8. The van der Waals surface area contributed by atoms with Gasteiger partial charge < -0.3 is 31.4 Å². The van der Waals surface area contributed by atoms with Crippen LogP contribution in [-0.2, 0) is 0 Å². The molecule has 0 bridgehead atoms. The first kappa shape index (κ1) is 23.2. The van der Waals surface area contributed by atoms with Crippen molar-refractivity contribution in [1.29, 1.82) is 0 Å². The second-order valence-electron chi connectivity index (χ2n) is 11.4. The van der Waals surface area contributed by atoms with Crippen LogP contribution in [0.2, 0.25) is 0 Å². The molecule has 0 spiro atoms. The van der Waals surface area contributed by atoms with Crippen molar-refractivity contribution >= 4 is 77.0 Å². The molecule has 7 aromatic heterocycles. The molecule has 7 heterocycles. The van der Waals surface area contributed by atoms with Gasteiger partial charge in [-0.1, -0.05) is 36.4 Å². The molecule has 0 aliphatic rings. The molecule has 11 aromatic rings. The lowest BCUT2D eigenvalue weighted by Crippen LogP contribution is -1.97. The van der Waals surface area contributed by atoms with E-state index in [1.54, 1.807) is 25.1 Å². The number of furan rings is 4. The second-order valence-corrected chi connectivity index (χ2v) is 11.4. The molecule has 4 aromatic carbocycles. The molecule has 0 saturated heterocycles. The topological polar surface area (TPSA) is 67.3 Å². The van der Waals surface area contributed by atoms with Gasteiger partial charge in [-0.2, -0.15) is 0 Å². The highest BCUT2D eigenvalue weighted by molar-refractivity contribution is 6.13. The number of nitrogens with zero attached hydrogens (tertiary/aromatic N) is 3. The van der Waals surface area contributed by atoms with Crippen LogP contribution >= 0.6 is 0 Å². The Kier molecular flexibility index (Phi) is 4.21. The monoisotopic (exact) mass is 583 g/mol. The lowest BCUT2D eigenvalue weighted by Gasteiger charge is -2.12. The van der Waals surface area contributed by atoms with Gasteiger partial charge in [0, 0.05) is 51.8 Å². The molecular formula is C38H21N3O4. The molecule has 0 unspecified atom stereocenters. The smallest absolute Gasteiger partial charge is 0.195 e. The van der Waals surface area contributed by atoms with Gasteiger partial charge in [-0.05, 0) is 47.9 Å². The van der Waals surface area contributed by atoms with Crippen LogP contribution in [0.5, 0.6) is 0 Å². The van der Waals surface area contributed by atoms with Gasteiger partial charge in [0.05, 0.1) is 63.8 Å². The van der Waals surface area contributed by atoms with E-state index in [1.807, 2.05) is 24.3 Å². The molecule has 212 valence electrons. The van der Waals surface area contributed by atoms with Crippen molar-refractivity contribution in [2.45, 2.75) is 0 Å². The average Bonchev–Trinajstić information content (AvgIpc) is 3.91. The van der Waals surface area contributed by atoms with Crippen molar-refractivity contribution in [1.82, 2.24) is 13.7 Å². The number of benzene rings is 4. The third-order valence-corrected chi connectivity index (χ3v) is 9.21. The molecule has 0 N–H and O–H groups in total. The maximum atomic E-state index is 5.83. The molecule has 7 heteroatoms. The van der Waals surface area contributed by atoms with Crippen molar-refractivity contribution in [2.24, 2.45) is 0 Å². The molecule has 45 heavy (non-hydrogen) atoms. The molecule has 0 radical (unpaired) electrons. The maximum Gasteiger partial charge on any atom is 0.195 e. The summed E-state index contributed by atoms with van der Waals surface area (Å²) in [4.78, 5) is 0. The first-order chi connectivity index (χ1) is 22.3. The van der Waals surface area contributed by atoms with E-state index in [0.717, 1.165) is 83.3 Å². The lowest BCUT2D eigenvalue weighted by molar-refractivity contribution is 0.583. The summed E-state index contributed by atoms with van der Waals surface area (Å²) in [5.74, 6) is 0. The molecule has 7 nitrogen and oxygen atoms in total. The summed E-state index contributed by atoms with van der Waals surface area (Å²) in [6.45, 7) is 0. The number of rotatable bonds is 3. The number of aromatic nitrogens is 3. The van der Waals surface area contributed by atoms with Crippen LogP contribution in [-0.4, -0.2) is 13.7 Å². The Labute approximate surface area is 253 Å². The standard InChI is InChI=1S/C38H21N3O4/c1-2-6-25-22(4-1)5-3-7-28(25)41-29-10-8-23(39-31-12-16-42-35(31)36-32(39)13-17-43-36)20-26(29)27-21-24(9-11-30(27)41)40-33-14-18-44-37(33)38-34(40)15-19-45-38/h1-21H. The van der Waals surface area contributed by atoms with Gasteiger partial charge >= 0.3 is 0 Å². The zero-order valence-corrected chi connectivity index (χ0v) is 23.6. The van der Waals surface area contributed by atoms with E-state index in [9.17, 15) is 0 Å². The van der Waals surface area contributed by atoms with E-state index in [2.05, 4.69) is 92.6 Å². The molecule has 0 fully saturated rings. The predicted octanol–water partition coefficient (Wildman–Crippen LogP) is 10.5. The minimum absolute atomic E-state index is 0.747. The summed E-state index contributed by atoms with van der Waals surface area (Å²) >= 11 is 0. The van der Waals surface area contributed by atoms with E-state index < -0.39 is 0 Å². The van der Waals surface area contributed by atoms with Gasteiger partial charge in [0.2, 0.25) is 0 Å². The fourth-order valence-electron chi connectivity index (χ4n) is 7.35. The summed E-state index contributed by atoms with van der Waals surface area (Å²) in [7, 11) is 0. The van der Waals surface area contributed by atoms with Crippen LogP contribution in [0.15, 0.2) is 146 Å². The van der Waals surface area contributed by atoms with Crippen LogP contribution in [0.4, 0.5) is 0 Å². The van der Waals surface area contributed by atoms with Gasteiger partial charge in [-0.15, -0.1) is 0 Å². The normalized spacial score (nSPS) is 12.4. The second kappa shape index (κ2) is 8.18. The minimum Gasteiger partial charge on any atom is -0.459 e. The third kappa shape index (κ3) is 2.89. The summed E-state index contributed by atoms with van der Waals surface area (Å²) in [5, 5.41) is 4.67. The maximum absolute atomic E-state index is 5.83. The molecule has 0 amide bonds. The molecule has 0 saturated carbocycles. The average molecular weight is 584 g/mol. The Morgan fingerprint density at radius 3 is 1.33 bits per heavy atom. The lowest BCUT2D eigenvalue weighted by atomic mass is 10.1. The van der Waals surface area contributed by atoms with Crippen molar-refractivity contribution < 1.29 is 17.7 Å². The third-order valence-electron chi connectivity index (χ3n) is 9.21. The van der Waals surface area contributed by atoms with Gasteiger partial charge in [0.25, 0.3) is 0 Å². The molecule has 0 aliphatic heterocycles. The molecule has 11 rings (SSSR count). The van der Waals surface area contributed by atoms with Crippen LogP contribution in [0.1, 0.15) is 0 Å². The van der Waals surface area contributed by atoms with Gasteiger partial charge in [-0.25, -0.2) is 0 Å². The highest BCUT2D eigenvalue weighted by Gasteiger charge is 2.22. The van der Waals surface area contributed by atoms with Crippen LogP contribution in [0, 0.1) is 0 Å². The van der Waals surface area contributed by atoms with Gasteiger partial charge in [0.1, 0.15) is 0 Å². The highest BCUT2D eigenvalue weighted by Crippen LogP contribution is 2.40. The van der Waals surface area contributed by atoms with E-state index in [-0.39, 0.29) is 0 Å². The van der Waals surface area contributed by atoms with Crippen LogP contribution in [0.3, 0.4) is 0 Å². The predicted molar refractivity (Wildman–Crippen MR) is 176 cm³/mol. The number of hydrogen-bond acceptors (Lipinski definition) is 4. The molecular weight excluding hydrogens is 562 g/mol. The van der Waals surface area contributed by atoms with E-state index >= 15 is 0 Å². The fraction of sp³-hybridized carbons (Fsp3) is 0. The first-order valence-electron chi connectivity index (χ1n) is 14.8. The zero-order chi connectivity index (χ0) is 29.2. The SMILES string of the molecule is c1ccc2c(-n3c4ccc(-n5c6ccoc6c6occc65)cc4c4cc(-n5c6ccoc6c6occc65)ccc43)cccc2c1. The Bertz CT molecular complexity index is 2690.